The summed E-state index contributed by atoms with van der Waals surface area (Å²) in [5, 5.41) is 10.8. The van der Waals surface area contributed by atoms with Gasteiger partial charge in [-0.1, -0.05) is 23.2 Å². The molecule has 0 aliphatic heterocycles. The first-order valence-electron chi connectivity index (χ1n) is 7.47. The van der Waals surface area contributed by atoms with E-state index in [1.807, 2.05) is 0 Å². The van der Waals surface area contributed by atoms with Gasteiger partial charge in [0.15, 0.2) is 6.61 Å². The minimum atomic E-state index is -4.51. The van der Waals surface area contributed by atoms with Crippen LogP contribution in [0.4, 0.5) is 19.0 Å². The summed E-state index contributed by atoms with van der Waals surface area (Å²) >= 11 is 11.6. The van der Waals surface area contributed by atoms with Crippen molar-refractivity contribution in [3.63, 3.8) is 0 Å². The molecule has 27 heavy (non-hydrogen) atoms. The van der Waals surface area contributed by atoms with Crippen LogP contribution in [0.3, 0.4) is 0 Å². The van der Waals surface area contributed by atoms with Crippen LogP contribution < -0.4 is 10.1 Å². The topological polar surface area (TPSA) is 73.1 Å². The summed E-state index contributed by atoms with van der Waals surface area (Å²) in [5.74, 6) is 1.08. The molecule has 0 fully saturated rings. The van der Waals surface area contributed by atoms with E-state index in [-0.39, 0.29) is 35.8 Å². The van der Waals surface area contributed by atoms with E-state index >= 15 is 0 Å². The summed E-state index contributed by atoms with van der Waals surface area (Å²) in [6.07, 6.45) is -3.83. The van der Waals surface area contributed by atoms with Crippen molar-refractivity contribution in [1.82, 2.24) is 15.2 Å². The number of ether oxygens (including phenoxy) is 1. The Balaban J connectivity index is 1.56. The average molecular weight is 419 g/mol. The predicted molar refractivity (Wildman–Crippen MR) is 91.7 cm³/mol. The molecule has 0 aliphatic carbocycles. The van der Waals surface area contributed by atoms with Gasteiger partial charge in [0.2, 0.25) is 5.89 Å². The lowest BCUT2D eigenvalue weighted by molar-refractivity contribution is -0.137. The van der Waals surface area contributed by atoms with E-state index in [0.717, 1.165) is 6.07 Å². The Bertz CT molecular complexity index is 917. The van der Waals surface area contributed by atoms with Gasteiger partial charge >= 0.3 is 6.18 Å². The molecule has 2 aromatic heterocycles. The summed E-state index contributed by atoms with van der Waals surface area (Å²) < 4.78 is 48.6. The summed E-state index contributed by atoms with van der Waals surface area (Å²) in [5.41, 5.74) is -0.933. The maximum atomic E-state index is 12.6. The highest BCUT2D eigenvalue weighted by atomic mass is 35.5. The molecule has 0 spiro atoms. The van der Waals surface area contributed by atoms with E-state index in [9.17, 15) is 13.2 Å². The number of nitrogens with one attached hydrogen (secondary N) is 1. The first-order chi connectivity index (χ1) is 12.8. The van der Waals surface area contributed by atoms with Crippen LogP contribution in [0.25, 0.3) is 0 Å². The van der Waals surface area contributed by atoms with Gasteiger partial charge in [-0.25, -0.2) is 4.98 Å². The lowest BCUT2D eigenvalue weighted by Gasteiger charge is -2.09. The molecule has 3 aromatic rings. The summed E-state index contributed by atoms with van der Waals surface area (Å²) in [6, 6.07) is 7.54. The summed E-state index contributed by atoms with van der Waals surface area (Å²) in [4.78, 5) is 3.66. The normalized spacial score (nSPS) is 11.4. The third-order valence-corrected chi connectivity index (χ3v) is 3.80. The molecule has 2 heterocycles. The summed E-state index contributed by atoms with van der Waals surface area (Å²) in [6.45, 7) is 0.0833. The number of halogens is 5. The number of anilines is 1. The minimum absolute atomic E-state index is 0.0338. The minimum Gasteiger partial charge on any atom is -0.484 e. The number of rotatable bonds is 6. The van der Waals surface area contributed by atoms with Crippen LogP contribution in [-0.2, 0) is 19.3 Å². The smallest absolute Gasteiger partial charge is 0.417 e. The molecule has 0 unspecified atom stereocenters. The molecule has 1 N–H and O–H groups in total. The van der Waals surface area contributed by atoms with Crippen molar-refractivity contribution < 1.29 is 22.3 Å². The number of alkyl halides is 3. The number of nitrogens with zero attached hydrogens (tertiary/aromatic N) is 3. The average Bonchev–Trinajstić information content (AvgIpc) is 3.07. The second kappa shape index (κ2) is 8.01. The van der Waals surface area contributed by atoms with Gasteiger partial charge in [0.1, 0.15) is 11.6 Å². The molecule has 0 radical (unpaired) electrons. The van der Waals surface area contributed by atoms with Gasteiger partial charge in [0.25, 0.3) is 5.89 Å². The molecule has 0 bridgehead atoms. The standard InChI is InChI=1S/C16H11Cl2F3N4O2/c17-10-1-3-11(4-2-10)26-8-14-25-24-13(27-14)7-23-15-12(18)5-9(6-22-15)16(19,20)21/h1-6H,7-8H2,(H,22,23). The Morgan fingerprint density at radius 2 is 1.78 bits per heavy atom. The van der Waals surface area contributed by atoms with Gasteiger partial charge in [0, 0.05) is 11.2 Å². The molecular weight excluding hydrogens is 408 g/mol. The van der Waals surface area contributed by atoms with Gasteiger partial charge in [-0.2, -0.15) is 13.2 Å². The highest BCUT2D eigenvalue weighted by molar-refractivity contribution is 6.33. The van der Waals surface area contributed by atoms with Gasteiger partial charge in [-0.05, 0) is 30.3 Å². The monoisotopic (exact) mass is 418 g/mol. The Hall–Kier alpha value is -2.52. The molecular formula is C16H11Cl2F3N4O2. The largest absolute Gasteiger partial charge is 0.484 e. The lowest BCUT2D eigenvalue weighted by Crippen LogP contribution is -2.08. The van der Waals surface area contributed by atoms with E-state index in [0.29, 0.717) is 17.0 Å². The molecule has 0 amide bonds. The molecule has 11 heteroatoms. The molecule has 0 atom stereocenters. The van der Waals surface area contributed by atoms with Crippen LogP contribution in [0.2, 0.25) is 10.0 Å². The van der Waals surface area contributed by atoms with Gasteiger partial charge in [0.05, 0.1) is 17.1 Å². The van der Waals surface area contributed by atoms with Crippen molar-refractivity contribution in [3.05, 3.63) is 63.9 Å². The lowest BCUT2D eigenvalue weighted by atomic mass is 10.3. The highest BCUT2D eigenvalue weighted by Gasteiger charge is 2.31. The molecule has 3 rings (SSSR count). The van der Waals surface area contributed by atoms with E-state index in [4.69, 9.17) is 32.4 Å². The van der Waals surface area contributed by atoms with Crippen molar-refractivity contribution >= 4 is 29.0 Å². The number of pyridine rings is 1. The highest BCUT2D eigenvalue weighted by Crippen LogP contribution is 2.32. The SMILES string of the molecule is FC(F)(F)c1cnc(NCc2nnc(COc3ccc(Cl)cc3)o2)c(Cl)c1. The Labute approximate surface area is 161 Å². The molecule has 0 saturated heterocycles. The van der Waals surface area contributed by atoms with Gasteiger partial charge < -0.3 is 14.5 Å². The van der Waals surface area contributed by atoms with Crippen LogP contribution >= 0.6 is 23.2 Å². The number of hydrogen-bond donors (Lipinski definition) is 1. The quantitative estimate of drug-likeness (QED) is 0.608. The van der Waals surface area contributed by atoms with Crippen molar-refractivity contribution in [1.29, 1.82) is 0 Å². The maximum absolute atomic E-state index is 12.6. The van der Waals surface area contributed by atoms with Crippen molar-refractivity contribution in [2.75, 3.05) is 5.32 Å². The fourth-order valence-corrected chi connectivity index (χ4v) is 2.34. The Kier molecular flexibility index (Phi) is 5.71. The molecule has 142 valence electrons. The molecule has 0 aliphatic rings. The van der Waals surface area contributed by atoms with Crippen LogP contribution in [0.5, 0.6) is 5.75 Å². The fourth-order valence-electron chi connectivity index (χ4n) is 1.98. The van der Waals surface area contributed by atoms with E-state index < -0.39 is 11.7 Å². The van der Waals surface area contributed by atoms with Gasteiger partial charge in [-0.3, -0.25) is 0 Å². The first kappa shape index (κ1) is 19.2. The van der Waals surface area contributed by atoms with Crippen molar-refractivity contribution in [2.24, 2.45) is 0 Å². The predicted octanol–water partition coefficient (Wildman–Crippen LogP) is 4.98. The van der Waals surface area contributed by atoms with Crippen LogP contribution in [0.1, 0.15) is 17.3 Å². The van der Waals surface area contributed by atoms with E-state index in [1.54, 1.807) is 24.3 Å². The van der Waals surface area contributed by atoms with Crippen LogP contribution in [0.15, 0.2) is 40.9 Å². The molecule has 1 aromatic carbocycles. The third kappa shape index (κ3) is 5.24. The van der Waals surface area contributed by atoms with Crippen LogP contribution in [-0.4, -0.2) is 15.2 Å². The summed E-state index contributed by atoms with van der Waals surface area (Å²) in [7, 11) is 0. The zero-order valence-electron chi connectivity index (χ0n) is 13.4. The second-order valence-corrected chi connectivity index (χ2v) is 6.08. The Morgan fingerprint density at radius 3 is 2.44 bits per heavy atom. The van der Waals surface area contributed by atoms with Crippen LogP contribution in [0, 0.1) is 0 Å². The van der Waals surface area contributed by atoms with E-state index in [1.165, 1.54) is 0 Å². The number of aromatic nitrogens is 3. The fraction of sp³-hybridized carbons (Fsp3) is 0.188. The molecule has 0 saturated carbocycles. The maximum Gasteiger partial charge on any atom is 0.417 e. The first-order valence-corrected chi connectivity index (χ1v) is 8.23. The van der Waals surface area contributed by atoms with Gasteiger partial charge in [-0.15, -0.1) is 10.2 Å². The van der Waals surface area contributed by atoms with Crippen molar-refractivity contribution in [2.45, 2.75) is 19.3 Å². The number of hydrogen-bond acceptors (Lipinski definition) is 6. The van der Waals surface area contributed by atoms with Crippen molar-refractivity contribution in [3.8, 4) is 5.75 Å². The molecule has 6 nitrogen and oxygen atoms in total. The zero-order valence-corrected chi connectivity index (χ0v) is 14.9. The third-order valence-electron chi connectivity index (χ3n) is 3.26. The zero-order chi connectivity index (χ0) is 19.4. The Morgan fingerprint density at radius 1 is 1.07 bits per heavy atom. The van der Waals surface area contributed by atoms with E-state index in [2.05, 4.69) is 20.5 Å². The second-order valence-electron chi connectivity index (χ2n) is 5.24. The number of benzene rings is 1.